The van der Waals surface area contributed by atoms with Crippen LogP contribution in [0.3, 0.4) is 0 Å². The van der Waals surface area contributed by atoms with Crippen LogP contribution in [0.25, 0.3) is 16.7 Å². The van der Waals surface area contributed by atoms with Gasteiger partial charge < -0.3 is 13.7 Å². The highest BCUT2D eigenvalue weighted by Crippen LogP contribution is 2.40. The van der Waals surface area contributed by atoms with Gasteiger partial charge in [-0.3, -0.25) is 0 Å². The van der Waals surface area contributed by atoms with Crippen molar-refractivity contribution in [1.29, 1.82) is 0 Å². The normalized spacial score (nSPS) is 13.1. The summed E-state index contributed by atoms with van der Waals surface area (Å²) in [4.78, 5) is 29.4. The second-order valence-corrected chi connectivity index (χ2v) is 8.25. The van der Waals surface area contributed by atoms with Crippen molar-refractivity contribution in [1.82, 2.24) is 14.7 Å². The minimum Gasteiger partial charge on any atom is -0.486 e. The minimum absolute atomic E-state index is 0.0795. The average molecular weight is 501 g/mol. The number of hydrogen-bond acceptors (Lipinski definition) is 6. The van der Waals surface area contributed by atoms with Gasteiger partial charge in [0.15, 0.2) is 6.39 Å². The van der Waals surface area contributed by atoms with Crippen LogP contribution in [0.4, 0.5) is 13.2 Å². The molecule has 0 amide bonds. The third-order valence-corrected chi connectivity index (χ3v) is 5.48. The molecule has 1 N–H and O–H groups in total. The van der Waals surface area contributed by atoms with E-state index in [-0.39, 0.29) is 6.61 Å². The molecule has 1 atom stereocenters. The third kappa shape index (κ3) is 5.35. The summed E-state index contributed by atoms with van der Waals surface area (Å²) < 4.78 is 56.3. The summed E-state index contributed by atoms with van der Waals surface area (Å²) in [6.07, 6.45) is -0.0572. The zero-order valence-electron chi connectivity index (χ0n) is 19.6. The van der Waals surface area contributed by atoms with Crippen molar-refractivity contribution in [3.05, 3.63) is 98.6 Å². The van der Waals surface area contributed by atoms with E-state index < -0.39 is 29.2 Å². The molecule has 0 spiro atoms. The highest BCUT2D eigenvalue weighted by atomic mass is 19.4. The van der Waals surface area contributed by atoms with E-state index in [0.717, 1.165) is 22.4 Å². The van der Waals surface area contributed by atoms with Gasteiger partial charge in [-0.2, -0.15) is 13.2 Å². The van der Waals surface area contributed by atoms with Crippen LogP contribution in [0.15, 0.2) is 73.7 Å². The number of oxazole rings is 1. The maximum absolute atomic E-state index is 13.2. The van der Waals surface area contributed by atoms with Crippen molar-refractivity contribution in [2.45, 2.75) is 39.6 Å². The van der Waals surface area contributed by atoms with Crippen molar-refractivity contribution >= 4 is 5.57 Å². The molecule has 0 fully saturated rings. The Morgan fingerprint density at radius 3 is 2.53 bits per heavy atom. The number of nitrogens with zero attached hydrogens (tertiary/aromatic N) is 2. The van der Waals surface area contributed by atoms with Crippen LogP contribution in [-0.4, -0.2) is 14.7 Å². The Balaban J connectivity index is 1.83. The van der Waals surface area contributed by atoms with Crippen molar-refractivity contribution in [3.63, 3.8) is 0 Å². The fraction of sp³-hybridized carbons (Fsp3) is 0.240. The lowest BCUT2D eigenvalue weighted by molar-refractivity contribution is -0.137. The summed E-state index contributed by atoms with van der Waals surface area (Å²) in [5.41, 5.74) is 2.32. The Hall–Kier alpha value is -4.28. The molecule has 0 aliphatic rings. The van der Waals surface area contributed by atoms with Gasteiger partial charge in [0.25, 0.3) is 0 Å². The summed E-state index contributed by atoms with van der Waals surface area (Å²) in [7, 11) is 0. The van der Waals surface area contributed by atoms with E-state index in [1.165, 1.54) is 24.8 Å². The SMILES string of the molecule is CC(=CC(C)n1oc(=O)[nH]c1=O)c1cc(C)cc(OCc2cocn2)c1-c1ccc(C(F)(F)F)cc1. The zero-order chi connectivity index (χ0) is 26.0. The lowest BCUT2D eigenvalue weighted by atomic mass is 9.91. The summed E-state index contributed by atoms with van der Waals surface area (Å²) in [5.74, 6) is -0.444. The molecule has 0 bridgehead atoms. The topological polar surface area (TPSA) is 103 Å². The maximum atomic E-state index is 13.2. The largest absolute Gasteiger partial charge is 0.486 e. The van der Waals surface area contributed by atoms with E-state index in [0.29, 0.717) is 33.7 Å². The van der Waals surface area contributed by atoms with E-state index >= 15 is 0 Å². The molecule has 2 heterocycles. The number of benzene rings is 2. The first-order chi connectivity index (χ1) is 17.0. The minimum atomic E-state index is -4.47. The molecule has 11 heteroatoms. The van der Waals surface area contributed by atoms with Crippen molar-refractivity contribution < 1.29 is 26.8 Å². The van der Waals surface area contributed by atoms with Crippen LogP contribution in [0.2, 0.25) is 0 Å². The molecule has 0 aliphatic heterocycles. The van der Waals surface area contributed by atoms with Crippen molar-refractivity contribution in [2.24, 2.45) is 0 Å². The number of alkyl halides is 3. The number of allylic oxidation sites excluding steroid dienone is 2. The smallest absolute Gasteiger partial charge is 0.440 e. The monoisotopic (exact) mass is 501 g/mol. The first-order valence-electron chi connectivity index (χ1n) is 10.9. The lowest BCUT2D eigenvalue weighted by Gasteiger charge is -2.19. The van der Waals surface area contributed by atoms with Gasteiger partial charge in [-0.1, -0.05) is 24.3 Å². The van der Waals surface area contributed by atoms with E-state index in [1.54, 1.807) is 26.0 Å². The van der Waals surface area contributed by atoms with Gasteiger partial charge in [-0.15, -0.1) is 4.74 Å². The number of nitrogens with one attached hydrogen (secondary N) is 1. The van der Waals surface area contributed by atoms with E-state index in [4.69, 9.17) is 13.7 Å². The molecule has 4 aromatic rings. The van der Waals surface area contributed by atoms with Gasteiger partial charge in [0.2, 0.25) is 0 Å². The quantitative estimate of drug-likeness (QED) is 0.366. The van der Waals surface area contributed by atoms with E-state index in [2.05, 4.69) is 4.98 Å². The number of hydrogen-bond donors (Lipinski definition) is 1. The first-order valence-corrected chi connectivity index (χ1v) is 10.9. The predicted octanol–water partition coefficient (Wildman–Crippen LogP) is 5.36. The van der Waals surface area contributed by atoms with Gasteiger partial charge in [0.1, 0.15) is 24.3 Å². The molecule has 8 nitrogen and oxygen atoms in total. The number of ether oxygens (including phenoxy) is 1. The van der Waals surface area contributed by atoms with Gasteiger partial charge in [0, 0.05) is 5.56 Å². The molecule has 4 rings (SSSR count). The van der Waals surface area contributed by atoms with Gasteiger partial charge in [0.05, 0.1) is 11.6 Å². The molecule has 0 saturated carbocycles. The molecule has 2 aromatic heterocycles. The van der Waals surface area contributed by atoms with E-state index in [9.17, 15) is 22.8 Å². The Kier molecular flexibility index (Phi) is 6.73. The third-order valence-electron chi connectivity index (χ3n) is 5.48. The molecular weight excluding hydrogens is 479 g/mol. The van der Waals surface area contributed by atoms with E-state index in [1.807, 2.05) is 18.0 Å². The predicted molar refractivity (Wildman–Crippen MR) is 124 cm³/mol. The molecule has 0 radical (unpaired) electrons. The molecular formula is C25H22F3N3O5. The number of aromatic nitrogens is 3. The van der Waals surface area contributed by atoms with Gasteiger partial charge in [-0.05, 0) is 61.2 Å². The Labute approximate surface area is 202 Å². The van der Waals surface area contributed by atoms with Gasteiger partial charge in [-0.25, -0.2) is 19.6 Å². The molecule has 2 aromatic carbocycles. The number of aryl methyl sites for hydroxylation is 1. The number of aromatic amines is 1. The summed E-state index contributed by atoms with van der Waals surface area (Å²) in [5, 5.41) is 0. The average Bonchev–Trinajstić information content (AvgIpc) is 3.45. The number of rotatable bonds is 7. The molecule has 0 saturated heterocycles. The van der Waals surface area contributed by atoms with Crippen LogP contribution < -0.4 is 16.2 Å². The molecule has 1 unspecified atom stereocenters. The lowest BCUT2D eigenvalue weighted by Crippen LogP contribution is -2.19. The second-order valence-electron chi connectivity index (χ2n) is 8.25. The van der Waals surface area contributed by atoms with Gasteiger partial charge >= 0.3 is 17.6 Å². The summed E-state index contributed by atoms with van der Waals surface area (Å²) in [6.45, 7) is 5.39. The summed E-state index contributed by atoms with van der Waals surface area (Å²) >= 11 is 0. The Morgan fingerprint density at radius 2 is 1.94 bits per heavy atom. The van der Waals surface area contributed by atoms with Crippen LogP contribution in [0.5, 0.6) is 5.75 Å². The van der Waals surface area contributed by atoms with Crippen molar-refractivity contribution in [2.75, 3.05) is 0 Å². The molecule has 36 heavy (non-hydrogen) atoms. The Bertz CT molecular complexity index is 1490. The van der Waals surface area contributed by atoms with Crippen LogP contribution in [0.1, 0.15) is 42.3 Å². The fourth-order valence-corrected chi connectivity index (χ4v) is 3.85. The highest BCUT2D eigenvalue weighted by Gasteiger charge is 2.30. The second kappa shape index (κ2) is 9.76. The molecule has 0 aliphatic carbocycles. The fourth-order valence-electron chi connectivity index (χ4n) is 3.85. The first kappa shape index (κ1) is 24.8. The zero-order valence-corrected chi connectivity index (χ0v) is 19.6. The van der Waals surface area contributed by atoms with Crippen LogP contribution in [-0.2, 0) is 12.8 Å². The maximum Gasteiger partial charge on any atom is 0.440 e. The molecule has 188 valence electrons. The standard InChI is InChI=1S/C25H22F3N3O5/c1-14-8-20(15(2)10-16(3)31-23(32)30-24(33)36-31)22(17-4-6-18(7-5-17)25(26,27)28)21(9-14)35-12-19-11-34-13-29-19/h4-11,13,16H,12H2,1-3H3,(H,30,32,33). The summed E-state index contributed by atoms with van der Waals surface area (Å²) in [6, 6.07) is 7.80. The van der Waals surface area contributed by atoms with Crippen LogP contribution >= 0.6 is 0 Å². The number of halogens is 3. The Morgan fingerprint density at radius 1 is 1.22 bits per heavy atom. The van der Waals surface area contributed by atoms with Crippen molar-refractivity contribution in [3.8, 4) is 16.9 Å². The number of H-pyrrole nitrogens is 1. The van der Waals surface area contributed by atoms with Crippen LogP contribution in [0, 0.1) is 6.92 Å². The highest BCUT2D eigenvalue weighted by molar-refractivity contribution is 5.85.